The van der Waals surface area contributed by atoms with E-state index in [1.807, 2.05) is 13.8 Å². The lowest BCUT2D eigenvalue weighted by molar-refractivity contribution is 0.413. The first kappa shape index (κ1) is 16.0. The molecule has 0 aliphatic carbocycles. The van der Waals surface area contributed by atoms with Gasteiger partial charge in [0.1, 0.15) is 17.3 Å². The van der Waals surface area contributed by atoms with Gasteiger partial charge in [-0.25, -0.2) is 4.39 Å². The van der Waals surface area contributed by atoms with Crippen LogP contribution in [0.2, 0.25) is 0 Å². The Morgan fingerprint density at radius 3 is 2.58 bits per heavy atom. The largest absolute Gasteiger partial charge is 0.508 e. The quantitative estimate of drug-likeness (QED) is 0.674. The van der Waals surface area contributed by atoms with E-state index in [1.54, 1.807) is 30.3 Å². The third-order valence-electron chi connectivity index (χ3n) is 4.25. The van der Waals surface area contributed by atoms with Gasteiger partial charge in [-0.3, -0.25) is 4.98 Å². The molecule has 1 aromatic heterocycles. The van der Waals surface area contributed by atoms with E-state index < -0.39 is 0 Å². The summed E-state index contributed by atoms with van der Waals surface area (Å²) in [6.07, 6.45) is 0. The van der Waals surface area contributed by atoms with E-state index in [0.29, 0.717) is 16.9 Å². The Hall–Kier alpha value is -2.88. The number of aliphatic hydroxyl groups is 1. The summed E-state index contributed by atoms with van der Waals surface area (Å²) in [6, 6.07) is 10.1. The molecule has 0 fully saturated rings. The van der Waals surface area contributed by atoms with Gasteiger partial charge in [-0.15, -0.1) is 0 Å². The number of aromatic nitrogens is 1. The summed E-state index contributed by atoms with van der Waals surface area (Å²) in [6.45, 7) is 7.36. The van der Waals surface area contributed by atoms with Gasteiger partial charge in [-0.1, -0.05) is 12.6 Å². The summed E-state index contributed by atoms with van der Waals surface area (Å²) < 4.78 is 20.0. The average molecular weight is 323 g/mol. The van der Waals surface area contributed by atoms with Crippen LogP contribution in [0.15, 0.2) is 43.0 Å². The van der Waals surface area contributed by atoms with E-state index in [-0.39, 0.29) is 11.6 Å². The van der Waals surface area contributed by atoms with Crippen LogP contribution in [0.3, 0.4) is 0 Å². The molecule has 0 radical (unpaired) electrons. The van der Waals surface area contributed by atoms with Gasteiger partial charge in [0.05, 0.1) is 18.2 Å². The number of hydrogen-bond acceptors (Lipinski definition) is 3. The smallest absolute Gasteiger partial charge is 0.134 e. The van der Waals surface area contributed by atoms with Crippen molar-refractivity contribution >= 4 is 16.7 Å². The first-order valence-electron chi connectivity index (χ1n) is 7.56. The van der Waals surface area contributed by atoms with Crippen LogP contribution in [0.5, 0.6) is 5.75 Å². The van der Waals surface area contributed by atoms with E-state index in [4.69, 9.17) is 4.74 Å². The van der Waals surface area contributed by atoms with Crippen LogP contribution in [-0.2, 0) is 0 Å². The van der Waals surface area contributed by atoms with Crippen LogP contribution >= 0.6 is 0 Å². The number of halogens is 1. The summed E-state index contributed by atoms with van der Waals surface area (Å²) in [5, 5.41) is 10.5. The number of rotatable bonds is 3. The highest BCUT2D eigenvalue weighted by atomic mass is 19.1. The number of benzene rings is 2. The van der Waals surface area contributed by atoms with Gasteiger partial charge in [0, 0.05) is 22.2 Å². The Morgan fingerprint density at radius 2 is 1.92 bits per heavy atom. The molecule has 0 amide bonds. The van der Waals surface area contributed by atoms with E-state index >= 15 is 0 Å². The van der Waals surface area contributed by atoms with Crippen LogP contribution in [0.4, 0.5) is 4.39 Å². The first-order valence-corrected chi connectivity index (χ1v) is 7.56. The number of fused-ring (bicyclic) bond motifs is 1. The van der Waals surface area contributed by atoms with E-state index in [1.165, 1.54) is 13.2 Å². The topological polar surface area (TPSA) is 42.4 Å². The second kappa shape index (κ2) is 5.96. The fourth-order valence-electron chi connectivity index (χ4n) is 2.90. The summed E-state index contributed by atoms with van der Waals surface area (Å²) in [5.74, 6) is 0.0531. The zero-order chi connectivity index (χ0) is 17.4. The molecule has 3 aromatic rings. The predicted octanol–water partition coefficient (Wildman–Crippen LogP) is 5.20. The maximum Gasteiger partial charge on any atom is 0.134 e. The minimum absolute atomic E-state index is 0.0402. The molecule has 0 bridgehead atoms. The van der Waals surface area contributed by atoms with Gasteiger partial charge in [0.25, 0.3) is 0 Å². The van der Waals surface area contributed by atoms with Gasteiger partial charge in [-0.2, -0.15) is 0 Å². The molecule has 0 aliphatic rings. The Morgan fingerprint density at radius 1 is 1.17 bits per heavy atom. The lowest BCUT2D eigenvalue weighted by atomic mass is 9.93. The molecule has 1 N–H and O–H groups in total. The lowest BCUT2D eigenvalue weighted by Gasteiger charge is -2.17. The van der Waals surface area contributed by atoms with E-state index in [0.717, 1.165) is 27.7 Å². The minimum atomic E-state index is -0.363. The van der Waals surface area contributed by atoms with Crippen LogP contribution in [0.1, 0.15) is 16.8 Å². The Bertz CT molecular complexity index is 964. The molecular formula is C20H18FNO2. The van der Waals surface area contributed by atoms with Crippen molar-refractivity contribution < 1.29 is 14.2 Å². The van der Waals surface area contributed by atoms with Gasteiger partial charge in [-0.05, 0) is 49.7 Å². The highest BCUT2D eigenvalue weighted by Gasteiger charge is 2.19. The van der Waals surface area contributed by atoms with Crippen molar-refractivity contribution in [1.29, 1.82) is 0 Å². The molecule has 122 valence electrons. The Balaban J connectivity index is 2.49. The van der Waals surface area contributed by atoms with Gasteiger partial charge in [0.15, 0.2) is 0 Å². The summed E-state index contributed by atoms with van der Waals surface area (Å²) in [7, 11) is 1.52. The van der Waals surface area contributed by atoms with E-state index in [9.17, 15) is 9.50 Å². The van der Waals surface area contributed by atoms with Gasteiger partial charge in [0.2, 0.25) is 0 Å². The lowest BCUT2D eigenvalue weighted by Crippen LogP contribution is -1.99. The van der Waals surface area contributed by atoms with Gasteiger partial charge < -0.3 is 9.84 Å². The van der Waals surface area contributed by atoms with Crippen molar-refractivity contribution in [2.75, 3.05) is 7.11 Å². The zero-order valence-corrected chi connectivity index (χ0v) is 13.9. The van der Waals surface area contributed by atoms with Crippen molar-refractivity contribution in [3.8, 4) is 16.9 Å². The average Bonchev–Trinajstić information content (AvgIpc) is 2.56. The molecule has 0 unspecified atom stereocenters. The molecule has 1 heterocycles. The van der Waals surface area contributed by atoms with Crippen molar-refractivity contribution in [1.82, 2.24) is 4.98 Å². The van der Waals surface area contributed by atoms with Crippen molar-refractivity contribution in [2.24, 2.45) is 0 Å². The molecule has 3 rings (SSSR count). The van der Waals surface area contributed by atoms with Crippen LogP contribution in [0.25, 0.3) is 27.8 Å². The molecule has 0 atom stereocenters. The van der Waals surface area contributed by atoms with Crippen molar-refractivity contribution in [3.63, 3.8) is 0 Å². The highest BCUT2D eigenvalue weighted by Crippen LogP contribution is 2.40. The molecule has 0 saturated heterocycles. The molecule has 0 spiro atoms. The third kappa shape index (κ3) is 2.50. The minimum Gasteiger partial charge on any atom is -0.508 e. The zero-order valence-electron chi connectivity index (χ0n) is 13.9. The molecule has 0 saturated carbocycles. The number of pyridine rings is 1. The van der Waals surface area contributed by atoms with Crippen molar-refractivity contribution in [2.45, 2.75) is 13.8 Å². The molecule has 2 aromatic carbocycles. The van der Waals surface area contributed by atoms with Crippen LogP contribution in [-0.4, -0.2) is 17.2 Å². The molecule has 24 heavy (non-hydrogen) atoms. The van der Waals surface area contributed by atoms with Crippen molar-refractivity contribution in [3.05, 3.63) is 65.6 Å². The monoisotopic (exact) mass is 323 g/mol. The third-order valence-corrected chi connectivity index (χ3v) is 4.25. The second-order valence-corrected chi connectivity index (χ2v) is 5.69. The van der Waals surface area contributed by atoms with Gasteiger partial charge >= 0.3 is 0 Å². The number of nitrogens with zero attached hydrogens (tertiary/aromatic N) is 1. The number of hydrogen-bond donors (Lipinski definition) is 1. The molecule has 0 aliphatic heterocycles. The summed E-state index contributed by atoms with van der Waals surface area (Å²) in [4.78, 5) is 4.57. The fraction of sp³-hybridized carbons (Fsp3) is 0.150. The normalized spacial score (nSPS) is 10.8. The number of methoxy groups -OCH3 is 1. The summed E-state index contributed by atoms with van der Waals surface area (Å²) >= 11 is 0. The maximum atomic E-state index is 14.7. The molecule has 4 heteroatoms. The first-order chi connectivity index (χ1) is 11.4. The Kier molecular flexibility index (Phi) is 3.97. The molecular weight excluding hydrogens is 305 g/mol. The Labute approximate surface area is 140 Å². The summed E-state index contributed by atoms with van der Waals surface area (Å²) in [5.41, 5.74) is 4.10. The number of ether oxygens (including phenoxy) is 1. The van der Waals surface area contributed by atoms with Crippen LogP contribution < -0.4 is 4.74 Å². The molecule has 3 nitrogen and oxygen atoms in total. The van der Waals surface area contributed by atoms with Crippen LogP contribution in [0, 0.1) is 19.7 Å². The standard InChI is InChI=1S/C20H18FNO2/c1-11-12(2)22-17-9-8-14(13(3)23)10-15(17)19(11)20-16(21)6-5-7-18(20)24-4/h5-10,23H,3H2,1-2,4H3. The fourth-order valence-corrected chi connectivity index (χ4v) is 2.90. The number of aliphatic hydroxyl groups excluding tert-OH is 1. The predicted molar refractivity (Wildman–Crippen MR) is 94.8 cm³/mol. The maximum absolute atomic E-state index is 14.7. The second-order valence-electron chi connectivity index (χ2n) is 5.69. The SMILES string of the molecule is C=C(O)c1ccc2nc(C)c(C)c(-c3c(F)cccc3OC)c2c1. The van der Waals surface area contributed by atoms with E-state index in [2.05, 4.69) is 11.6 Å². The number of aryl methyl sites for hydroxylation is 1. The highest BCUT2D eigenvalue weighted by molar-refractivity contribution is 5.99.